The summed E-state index contributed by atoms with van der Waals surface area (Å²) in [7, 11) is 0. The molecule has 216 valence electrons. The number of rotatable bonds is 3. The largest absolute Gasteiger partial charge is 0.453 e. The van der Waals surface area contributed by atoms with Gasteiger partial charge in [-0.2, -0.15) is 0 Å². The number of para-hydroxylation sites is 4. The Hall–Kier alpha value is -6.26. The zero-order valence-corrected chi connectivity index (χ0v) is 24.8. The minimum absolute atomic E-state index is 0.831. The maximum Gasteiger partial charge on any atom is 0.151 e. The molecule has 2 aromatic heterocycles. The highest BCUT2D eigenvalue weighted by molar-refractivity contribution is 6.12. The third kappa shape index (κ3) is 3.80. The maximum atomic E-state index is 6.31. The van der Waals surface area contributed by atoms with Gasteiger partial charge in [0.25, 0.3) is 0 Å². The number of anilines is 2. The molecule has 4 heteroatoms. The fraction of sp³-hybridized carbons (Fsp3) is 0. The lowest BCUT2D eigenvalue weighted by atomic mass is 9.99. The summed E-state index contributed by atoms with van der Waals surface area (Å²) in [5.74, 6) is 1.67. The van der Waals surface area contributed by atoms with Crippen LogP contribution in [-0.2, 0) is 0 Å². The molecule has 0 saturated heterocycles. The topological polar surface area (TPSA) is 42.0 Å². The minimum atomic E-state index is 0.831. The van der Waals surface area contributed by atoms with Crippen molar-refractivity contribution >= 4 is 55.0 Å². The lowest BCUT2D eigenvalue weighted by Gasteiger charge is -2.22. The number of nitrogens with one attached hydrogen (secondary N) is 2. The second-order valence-electron chi connectivity index (χ2n) is 12.0. The highest BCUT2D eigenvalue weighted by Crippen LogP contribution is 2.44. The first-order chi connectivity index (χ1) is 22.8. The average molecular weight is 590 g/mol. The summed E-state index contributed by atoms with van der Waals surface area (Å²) in [6, 6.07) is 54.0. The summed E-state index contributed by atoms with van der Waals surface area (Å²) >= 11 is 0. The number of nitrogens with zero attached hydrogens (tertiary/aromatic N) is 1. The molecule has 4 nitrogen and oxygen atoms in total. The predicted octanol–water partition coefficient (Wildman–Crippen LogP) is 11.6. The van der Waals surface area contributed by atoms with Crippen molar-refractivity contribution in [3.05, 3.63) is 152 Å². The molecule has 0 aliphatic carbocycles. The Morgan fingerprint density at radius 2 is 1.00 bits per heavy atom. The highest BCUT2D eigenvalue weighted by Gasteiger charge is 2.18. The Balaban J connectivity index is 1.15. The summed E-state index contributed by atoms with van der Waals surface area (Å²) in [5.41, 5.74) is 12.5. The molecule has 0 unspecified atom stereocenters. The molecule has 0 bridgehead atoms. The van der Waals surface area contributed by atoms with Crippen molar-refractivity contribution in [3.8, 4) is 39.4 Å². The number of aromatic nitrogens is 2. The molecule has 10 rings (SSSR count). The van der Waals surface area contributed by atoms with Crippen LogP contribution in [0.1, 0.15) is 0 Å². The molecular formula is C42H27N3O. The van der Waals surface area contributed by atoms with Gasteiger partial charge >= 0.3 is 0 Å². The molecule has 0 fully saturated rings. The van der Waals surface area contributed by atoms with Crippen LogP contribution in [0.2, 0.25) is 0 Å². The summed E-state index contributed by atoms with van der Waals surface area (Å²) < 4.78 is 8.68. The molecule has 46 heavy (non-hydrogen) atoms. The fourth-order valence-corrected chi connectivity index (χ4v) is 7.08. The van der Waals surface area contributed by atoms with Crippen molar-refractivity contribution in [1.29, 1.82) is 0 Å². The molecule has 3 heterocycles. The van der Waals surface area contributed by atoms with Gasteiger partial charge in [-0.1, -0.05) is 72.8 Å². The standard InChI is InChI=1S/C42H27N3O/c1-2-8-30(9-3-1)45-39-20-16-27(26-14-18-36-32(22-26)31-10-4-5-11-35(31)43-36)23-33(39)34-24-28(17-21-40(34)45)29-15-19-38-42(25-29)46-41-13-7-6-12-37(41)44-38/h1-25,43-44H. The molecular weight excluding hydrogens is 562 g/mol. The number of hydrogen-bond donors (Lipinski definition) is 2. The van der Waals surface area contributed by atoms with E-state index in [2.05, 4.69) is 142 Å². The van der Waals surface area contributed by atoms with E-state index in [-0.39, 0.29) is 0 Å². The number of fused-ring (bicyclic) bond motifs is 8. The van der Waals surface area contributed by atoms with Crippen molar-refractivity contribution in [1.82, 2.24) is 9.55 Å². The van der Waals surface area contributed by atoms with Crippen LogP contribution in [0.4, 0.5) is 11.4 Å². The summed E-state index contributed by atoms with van der Waals surface area (Å²) in [6.07, 6.45) is 0. The van der Waals surface area contributed by atoms with Crippen LogP contribution in [0.5, 0.6) is 11.5 Å². The van der Waals surface area contributed by atoms with Crippen molar-refractivity contribution in [3.63, 3.8) is 0 Å². The minimum Gasteiger partial charge on any atom is -0.453 e. The third-order valence-corrected chi connectivity index (χ3v) is 9.31. The first-order valence-corrected chi connectivity index (χ1v) is 15.6. The van der Waals surface area contributed by atoms with Gasteiger partial charge in [-0.15, -0.1) is 0 Å². The van der Waals surface area contributed by atoms with Gasteiger partial charge in [-0.25, -0.2) is 0 Å². The van der Waals surface area contributed by atoms with Crippen molar-refractivity contribution in [2.75, 3.05) is 5.32 Å². The molecule has 7 aromatic carbocycles. The van der Waals surface area contributed by atoms with Gasteiger partial charge in [0.2, 0.25) is 0 Å². The first kappa shape index (κ1) is 25.1. The van der Waals surface area contributed by atoms with E-state index in [0.717, 1.165) is 50.7 Å². The zero-order chi connectivity index (χ0) is 30.2. The highest BCUT2D eigenvalue weighted by atomic mass is 16.5. The molecule has 0 atom stereocenters. The lowest BCUT2D eigenvalue weighted by molar-refractivity contribution is 0.481. The summed E-state index contributed by atoms with van der Waals surface area (Å²) in [6.45, 7) is 0. The fourth-order valence-electron chi connectivity index (χ4n) is 7.08. The summed E-state index contributed by atoms with van der Waals surface area (Å²) in [4.78, 5) is 3.56. The molecule has 0 radical (unpaired) electrons. The van der Waals surface area contributed by atoms with E-state index in [1.165, 1.54) is 43.7 Å². The molecule has 1 aliphatic heterocycles. The average Bonchev–Trinajstić information content (AvgIpc) is 3.65. The smallest absolute Gasteiger partial charge is 0.151 e. The van der Waals surface area contributed by atoms with Gasteiger partial charge in [0.1, 0.15) is 0 Å². The van der Waals surface area contributed by atoms with E-state index in [1.807, 2.05) is 24.3 Å². The van der Waals surface area contributed by atoms with Crippen LogP contribution in [0.15, 0.2) is 152 Å². The number of H-pyrrole nitrogens is 1. The van der Waals surface area contributed by atoms with Gasteiger partial charge < -0.3 is 19.6 Å². The third-order valence-electron chi connectivity index (χ3n) is 9.31. The molecule has 2 N–H and O–H groups in total. The first-order valence-electron chi connectivity index (χ1n) is 15.6. The second kappa shape index (κ2) is 9.62. The van der Waals surface area contributed by atoms with Gasteiger partial charge in [-0.3, -0.25) is 0 Å². The van der Waals surface area contributed by atoms with E-state index < -0.39 is 0 Å². The van der Waals surface area contributed by atoms with Crippen LogP contribution in [0.25, 0.3) is 71.6 Å². The quantitative estimate of drug-likeness (QED) is 0.215. The Bertz CT molecular complexity index is 2650. The number of ether oxygens (including phenoxy) is 1. The van der Waals surface area contributed by atoms with Crippen molar-refractivity contribution in [2.45, 2.75) is 0 Å². The Morgan fingerprint density at radius 3 is 1.80 bits per heavy atom. The Kier molecular flexibility index (Phi) is 5.25. The van der Waals surface area contributed by atoms with E-state index in [0.29, 0.717) is 0 Å². The molecule has 0 amide bonds. The molecule has 0 saturated carbocycles. The van der Waals surface area contributed by atoms with Gasteiger partial charge in [0.15, 0.2) is 11.5 Å². The van der Waals surface area contributed by atoms with Crippen molar-refractivity contribution in [2.24, 2.45) is 0 Å². The van der Waals surface area contributed by atoms with Gasteiger partial charge in [0, 0.05) is 38.3 Å². The monoisotopic (exact) mass is 589 g/mol. The van der Waals surface area contributed by atoms with Gasteiger partial charge in [-0.05, 0) is 101 Å². The lowest BCUT2D eigenvalue weighted by Crippen LogP contribution is -2.02. The number of aromatic amines is 1. The molecule has 1 aliphatic rings. The van der Waals surface area contributed by atoms with Crippen LogP contribution in [0, 0.1) is 0 Å². The van der Waals surface area contributed by atoms with E-state index in [9.17, 15) is 0 Å². The van der Waals surface area contributed by atoms with E-state index >= 15 is 0 Å². The number of benzene rings is 7. The summed E-state index contributed by atoms with van der Waals surface area (Å²) in [5, 5.41) is 8.44. The van der Waals surface area contributed by atoms with Crippen molar-refractivity contribution < 1.29 is 4.74 Å². The Morgan fingerprint density at radius 1 is 0.413 bits per heavy atom. The van der Waals surface area contributed by atoms with Crippen LogP contribution in [0.3, 0.4) is 0 Å². The normalized spacial score (nSPS) is 12.3. The SMILES string of the molecule is c1ccc(-n2c3ccc(-c4ccc5c(c4)Oc4ccccc4N5)cc3c3cc(-c4ccc5[nH]c6ccccc6c5c4)ccc32)cc1. The maximum absolute atomic E-state index is 6.31. The van der Waals surface area contributed by atoms with Gasteiger partial charge in [0.05, 0.1) is 22.4 Å². The molecule has 9 aromatic rings. The second-order valence-corrected chi connectivity index (χ2v) is 12.0. The molecule has 0 spiro atoms. The van der Waals surface area contributed by atoms with E-state index in [1.54, 1.807) is 0 Å². The number of hydrogen-bond acceptors (Lipinski definition) is 2. The predicted molar refractivity (Wildman–Crippen MR) is 191 cm³/mol. The Labute approximate surface area is 265 Å². The van der Waals surface area contributed by atoms with Crippen LogP contribution in [-0.4, -0.2) is 9.55 Å². The zero-order valence-electron chi connectivity index (χ0n) is 24.8. The van der Waals surface area contributed by atoms with Crippen LogP contribution < -0.4 is 10.1 Å². The van der Waals surface area contributed by atoms with Crippen LogP contribution >= 0.6 is 0 Å². The van der Waals surface area contributed by atoms with E-state index in [4.69, 9.17) is 4.74 Å².